The molecular formula is C26H29N2O5P. The van der Waals surface area contributed by atoms with Crippen molar-refractivity contribution in [3.63, 3.8) is 0 Å². The standard InChI is InChI=1S/C26H29N2O5P/c1-18(25(30)27-21-12-7-4-8-13-21)17-34(32,33)24(16-20-10-5-3-6-11-20)28-26(31)22-14-9-15-23(29)19(22)2/h3-15,18,24,29H,16-17H2,1-2H3,(H,27,30)(H,28,31)(H,32,33)/t18?,24-/m1/s1. The molecule has 3 atom stereocenters. The number of para-hydroxylation sites is 1. The van der Waals surface area contributed by atoms with Gasteiger partial charge in [-0.15, -0.1) is 0 Å². The smallest absolute Gasteiger partial charge is 0.252 e. The fourth-order valence-electron chi connectivity index (χ4n) is 3.62. The summed E-state index contributed by atoms with van der Waals surface area (Å²) in [4.78, 5) is 36.7. The largest absolute Gasteiger partial charge is 0.508 e. The van der Waals surface area contributed by atoms with Crippen LogP contribution in [0.2, 0.25) is 0 Å². The molecule has 2 unspecified atom stereocenters. The van der Waals surface area contributed by atoms with E-state index in [9.17, 15) is 24.2 Å². The molecule has 3 aromatic rings. The van der Waals surface area contributed by atoms with E-state index < -0.39 is 25.0 Å². The summed E-state index contributed by atoms with van der Waals surface area (Å²) in [7, 11) is -4.04. The predicted octanol–water partition coefficient (Wildman–Crippen LogP) is 4.54. The van der Waals surface area contributed by atoms with Crippen molar-refractivity contribution in [2.45, 2.75) is 26.1 Å². The molecule has 4 N–H and O–H groups in total. The van der Waals surface area contributed by atoms with Crippen molar-refractivity contribution in [3.05, 3.63) is 95.6 Å². The summed E-state index contributed by atoms with van der Waals surface area (Å²) in [5, 5.41) is 15.4. The van der Waals surface area contributed by atoms with E-state index in [0.29, 0.717) is 11.3 Å². The minimum atomic E-state index is -4.04. The Balaban J connectivity index is 1.80. The monoisotopic (exact) mass is 480 g/mol. The molecule has 0 aliphatic carbocycles. The number of aromatic hydroxyl groups is 1. The number of hydrogen-bond acceptors (Lipinski definition) is 4. The molecule has 0 fully saturated rings. The fourth-order valence-corrected chi connectivity index (χ4v) is 5.64. The molecule has 0 aromatic heterocycles. The predicted molar refractivity (Wildman–Crippen MR) is 133 cm³/mol. The number of benzene rings is 3. The third-order valence-electron chi connectivity index (χ3n) is 5.63. The van der Waals surface area contributed by atoms with Crippen molar-refractivity contribution in [3.8, 4) is 5.75 Å². The second-order valence-electron chi connectivity index (χ2n) is 8.32. The van der Waals surface area contributed by atoms with Gasteiger partial charge in [-0.1, -0.05) is 61.5 Å². The number of phenols is 1. The van der Waals surface area contributed by atoms with Gasteiger partial charge in [0, 0.05) is 35.3 Å². The van der Waals surface area contributed by atoms with Gasteiger partial charge in [0.15, 0.2) is 0 Å². The van der Waals surface area contributed by atoms with Crippen LogP contribution in [-0.4, -0.2) is 33.8 Å². The normalized spacial score (nSPS) is 14.4. The summed E-state index contributed by atoms with van der Waals surface area (Å²) in [6.45, 7) is 3.19. The zero-order valence-electron chi connectivity index (χ0n) is 19.1. The third-order valence-corrected chi connectivity index (χ3v) is 7.99. The van der Waals surface area contributed by atoms with E-state index in [1.165, 1.54) is 12.1 Å². The first-order valence-electron chi connectivity index (χ1n) is 11.0. The van der Waals surface area contributed by atoms with Gasteiger partial charge in [0.1, 0.15) is 11.5 Å². The van der Waals surface area contributed by atoms with Gasteiger partial charge in [0.25, 0.3) is 5.91 Å². The zero-order chi connectivity index (χ0) is 24.7. The van der Waals surface area contributed by atoms with E-state index in [0.717, 1.165) is 5.56 Å². The van der Waals surface area contributed by atoms with E-state index in [4.69, 9.17) is 0 Å². The molecule has 7 nitrogen and oxygen atoms in total. The molecule has 3 aromatic carbocycles. The molecule has 0 aliphatic heterocycles. The van der Waals surface area contributed by atoms with Gasteiger partial charge < -0.3 is 20.6 Å². The molecule has 178 valence electrons. The van der Waals surface area contributed by atoms with Crippen LogP contribution in [-0.2, 0) is 15.8 Å². The Morgan fingerprint density at radius 3 is 2.21 bits per heavy atom. The highest BCUT2D eigenvalue weighted by molar-refractivity contribution is 7.58. The SMILES string of the molecule is Cc1c(O)cccc1C(=O)N[C@@H](Cc1ccccc1)P(=O)(O)CC(C)C(=O)Nc1ccccc1. The van der Waals surface area contributed by atoms with E-state index in [1.807, 2.05) is 36.4 Å². The van der Waals surface area contributed by atoms with Gasteiger partial charge >= 0.3 is 0 Å². The minimum absolute atomic E-state index is 0.0364. The molecule has 0 aliphatic rings. The molecule has 8 heteroatoms. The van der Waals surface area contributed by atoms with E-state index in [1.54, 1.807) is 44.2 Å². The van der Waals surface area contributed by atoms with Crippen LogP contribution in [0.5, 0.6) is 5.75 Å². The molecule has 2 amide bonds. The first kappa shape index (κ1) is 25.2. The maximum absolute atomic E-state index is 13.5. The lowest BCUT2D eigenvalue weighted by atomic mass is 10.1. The number of anilines is 1. The summed E-state index contributed by atoms with van der Waals surface area (Å²) < 4.78 is 13.5. The summed E-state index contributed by atoms with van der Waals surface area (Å²) >= 11 is 0. The summed E-state index contributed by atoms with van der Waals surface area (Å²) in [6.07, 6.45) is -0.187. The van der Waals surface area contributed by atoms with Crippen LogP contribution >= 0.6 is 7.37 Å². The molecule has 0 saturated heterocycles. The van der Waals surface area contributed by atoms with Crippen molar-refractivity contribution in [1.82, 2.24) is 5.32 Å². The molecule has 0 radical (unpaired) electrons. The number of carbonyl (C=O) groups excluding carboxylic acids is 2. The zero-order valence-corrected chi connectivity index (χ0v) is 20.0. The Morgan fingerprint density at radius 1 is 0.941 bits per heavy atom. The maximum atomic E-state index is 13.5. The third kappa shape index (κ3) is 6.56. The summed E-state index contributed by atoms with van der Waals surface area (Å²) in [5.74, 6) is -2.87. The lowest BCUT2D eigenvalue weighted by Crippen LogP contribution is -2.38. The average molecular weight is 481 g/mol. The summed E-state index contributed by atoms with van der Waals surface area (Å²) in [5.41, 5.74) is 1.96. The molecular weight excluding hydrogens is 451 g/mol. The highest BCUT2D eigenvalue weighted by Crippen LogP contribution is 2.48. The minimum Gasteiger partial charge on any atom is -0.508 e. The molecule has 0 heterocycles. The van der Waals surface area contributed by atoms with Crippen LogP contribution in [0.15, 0.2) is 78.9 Å². The lowest BCUT2D eigenvalue weighted by molar-refractivity contribution is -0.118. The lowest BCUT2D eigenvalue weighted by Gasteiger charge is -2.26. The number of phenolic OH excluding ortho intramolecular Hbond substituents is 1. The maximum Gasteiger partial charge on any atom is 0.252 e. The van der Waals surface area contributed by atoms with Crippen LogP contribution in [0.4, 0.5) is 5.69 Å². The molecule has 3 rings (SSSR count). The second kappa shape index (κ2) is 11.1. The van der Waals surface area contributed by atoms with Gasteiger partial charge in [0.05, 0.1) is 0 Å². The number of amides is 2. The molecule has 34 heavy (non-hydrogen) atoms. The van der Waals surface area contributed by atoms with Crippen molar-refractivity contribution in [2.75, 3.05) is 11.5 Å². The van der Waals surface area contributed by atoms with Gasteiger partial charge in [-0.2, -0.15) is 0 Å². The Morgan fingerprint density at radius 2 is 1.56 bits per heavy atom. The number of hydrogen-bond donors (Lipinski definition) is 4. The molecule has 0 bridgehead atoms. The van der Waals surface area contributed by atoms with E-state index in [-0.39, 0.29) is 29.8 Å². The van der Waals surface area contributed by atoms with Crippen molar-refractivity contribution in [1.29, 1.82) is 0 Å². The summed E-state index contributed by atoms with van der Waals surface area (Å²) in [6, 6.07) is 22.5. The number of nitrogens with one attached hydrogen (secondary N) is 2. The highest BCUT2D eigenvalue weighted by Gasteiger charge is 2.36. The Labute approximate surface area is 199 Å². The van der Waals surface area contributed by atoms with Gasteiger partial charge in [-0.25, -0.2) is 0 Å². The number of carbonyl (C=O) groups is 2. The van der Waals surface area contributed by atoms with Crippen LogP contribution in [0.25, 0.3) is 0 Å². The fraction of sp³-hybridized carbons (Fsp3) is 0.231. The van der Waals surface area contributed by atoms with Crippen LogP contribution in [0.3, 0.4) is 0 Å². The van der Waals surface area contributed by atoms with Gasteiger partial charge in [0.2, 0.25) is 13.3 Å². The van der Waals surface area contributed by atoms with E-state index in [2.05, 4.69) is 10.6 Å². The molecule has 0 spiro atoms. The van der Waals surface area contributed by atoms with Crippen molar-refractivity contribution >= 4 is 24.9 Å². The van der Waals surface area contributed by atoms with Crippen LogP contribution in [0.1, 0.15) is 28.4 Å². The molecule has 0 saturated carbocycles. The van der Waals surface area contributed by atoms with Crippen LogP contribution in [0, 0.1) is 12.8 Å². The van der Waals surface area contributed by atoms with Crippen molar-refractivity contribution in [2.24, 2.45) is 5.92 Å². The second-order valence-corrected chi connectivity index (χ2v) is 10.8. The van der Waals surface area contributed by atoms with E-state index >= 15 is 0 Å². The topological polar surface area (TPSA) is 116 Å². The Kier molecular flexibility index (Phi) is 8.26. The first-order valence-corrected chi connectivity index (χ1v) is 12.9. The van der Waals surface area contributed by atoms with Crippen LogP contribution < -0.4 is 10.6 Å². The van der Waals surface area contributed by atoms with Crippen molar-refractivity contribution < 1.29 is 24.2 Å². The van der Waals surface area contributed by atoms with Gasteiger partial charge in [-0.3, -0.25) is 14.2 Å². The number of rotatable bonds is 9. The quantitative estimate of drug-likeness (QED) is 0.336. The Bertz CT molecular complexity index is 1180. The Hall–Kier alpha value is -3.41. The highest BCUT2D eigenvalue weighted by atomic mass is 31.2. The van der Waals surface area contributed by atoms with Gasteiger partial charge in [-0.05, 0) is 36.8 Å². The average Bonchev–Trinajstić information content (AvgIpc) is 2.81. The first-order chi connectivity index (χ1) is 16.2.